The Balaban J connectivity index is 1.16. The molecule has 7 aromatic carbocycles. The first-order valence-electron chi connectivity index (χ1n) is 21.7. The van der Waals surface area contributed by atoms with Gasteiger partial charge in [0.05, 0.1) is 17.7 Å². The fourth-order valence-corrected chi connectivity index (χ4v) is 8.51. The molecule has 0 saturated carbocycles. The van der Waals surface area contributed by atoms with E-state index in [2.05, 4.69) is 53.8 Å². The van der Waals surface area contributed by atoms with E-state index in [4.69, 9.17) is 9.47 Å². The Morgan fingerprint density at radius 2 is 0.734 bits per heavy atom. The summed E-state index contributed by atoms with van der Waals surface area (Å²) in [7, 11) is 5.28. The lowest BCUT2D eigenvalue weighted by Gasteiger charge is -2.27. The van der Waals surface area contributed by atoms with Crippen LogP contribution in [0.15, 0.2) is 121 Å². The maximum Gasteiger partial charge on any atom is 0.410 e. The SMILES string of the molecule is CN(Cc1c2ccccc2c(CN(C)C(=O)c2ccccc2C(=O)N(C)Cc2c3ccccc3c(CNCC(=O)OC(C)(C)C)c3ccccc23)c2ccccc12)C(=O)OC(C)(C)C. The minimum atomic E-state index is -0.628. The van der Waals surface area contributed by atoms with Gasteiger partial charge in [0.1, 0.15) is 11.2 Å². The number of benzene rings is 7. The van der Waals surface area contributed by atoms with Gasteiger partial charge in [0.25, 0.3) is 11.8 Å². The number of fused-ring (bicyclic) bond motifs is 4. The Bertz CT molecular complexity index is 2800. The van der Waals surface area contributed by atoms with Gasteiger partial charge in [-0.1, -0.05) is 109 Å². The zero-order valence-corrected chi connectivity index (χ0v) is 38.4. The molecule has 0 unspecified atom stereocenters. The van der Waals surface area contributed by atoms with Crippen molar-refractivity contribution in [3.05, 3.63) is 155 Å². The molecule has 0 heterocycles. The third-order valence-corrected chi connectivity index (χ3v) is 11.3. The number of carbonyl (C=O) groups is 4. The smallest absolute Gasteiger partial charge is 0.410 e. The van der Waals surface area contributed by atoms with Gasteiger partial charge in [-0.3, -0.25) is 14.4 Å². The Morgan fingerprint density at radius 3 is 1.06 bits per heavy atom. The van der Waals surface area contributed by atoms with E-state index in [9.17, 15) is 19.2 Å². The van der Waals surface area contributed by atoms with E-state index < -0.39 is 17.3 Å². The number of ether oxygens (including phenoxy) is 2. The van der Waals surface area contributed by atoms with E-state index in [0.29, 0.717) is 24.2 Å². The number of rotatable bonds is 12. The maximum absolute atomic E-state index is 14.6. The van der Waals surface area contributed by atoms with Crippen LogP contribution in [0.1, 0.15) is 84.5 Å². The molecule has 10 heteroatoms. The van der Waals surface area contributed by atoms with Crippen LogP contribution in [0.2, 0.25) is 0 Å². The zero-order chi connectivity index (χ0) is 45.9. The number of nitrogens with one attached hydrogen (secondary N) is 1. The molecule has 0 spiro atoms. The van der Waals surface area contributed by atoms with Crippen molar-refractivity contribution in [3.8, 4) is 0 Å². The highest BCUT2D eigenvalue weighted by atomic mass is 16.6. The van der Waals surface area contributed by atoms with Gasteiger partial charge in [-0.2, -0.15) is 0 Å². The van der Waals surface area contributed by atoms with Gasteiger partial charge in [-0.05, 0) is 119 Å². The van der Waals surface area contributed by atoms with E-state index in [1.54, 1.807) is 60.1 Å². The lowest BCUT2D eigenvalue weighted by atomic mass is 9.91. The van der Waals surface area contributed by atoms with Crippen LogP contribution in [-0.2, 0) is 40.4 Å². The molecule has 0 atom stereocenters. The van der Waals surface area contributed by atoms with Gasteiger partial charge in [-0.25, -0.2) is 4.79 Å². The lowest BCUT2D eigenvalue weighted by molar-refractivity contribution is -0.153. The molecule has 3 amide bonds. The Kier molecular flexibility index (Phi) is 13.1. The fraction of sp³-hybridized carbons (Fsp3) is 0.296. The average Bonchev–Trinajstić information content (AvgIpc) is 3.26. The molecule has 10 nitrogen and oxygen atoms in total. The molecule has 330 valence electrons. The molecule has 0 bridgehead atoms. The normalized spacial score (nSPS) is 11.8. The topological polar surface area (TPSA) is 108 Å². The van der Waals surface area contributed by atoms with Gasteiger partial charge < -0.3 is 29.5 Å². The van der Waals surface area contributed by atoms with Crippen molar-refractivity contribution in [1.82, 2.24) is 20.0 Å². The van der Waals surface area contributed by atoms with Crippen LogP contribution in [0.3, 0.4) is 0 Å². The van der Waals surface area contributed by atoms with Crippen LogP contribution in [0, 0.1) is 0 Å². The number of hydrogen-bond acceptors (Lipinski definition) is 7. The number of nitrogens with zero attached hydrogens (tertiary/aromatic N) is 3. The first kappa shape index (κ1) is 45.3. The molecular weight excluding hydrogens is 801 g/mol. The molecular formula is C54H58N4O6. The standard InChI is InChI=1S/C54H58N4O6/c1-53(2,3)63-49(59)31-55-30-45-35-20-10-12-22-37(35)46(38-23-13-11-21-36(38)45)32-56(7)50(60)43-28-18-19-29-44(43)51(61)57(8)33-47-39-24-14-16-26-41(39)48(42-27-17-15-25-40(42)47)34-58(9)52(62)64-54(4,5)6/h10-29,55H,30-34H2,1-9H3. The highest BCUT2D eigenvalue weighted by molar-refractivity contribution is 6.10. The Labute approximate surface area is 375 Å². The van der Waals surface area contributed by atoms with Crippen LogP contribution in [0.4, 0.5) is 4.79 Å². The second-order valence-corrected chi connectivity index (χ2v) is 18.5. The lowest BCUT2D eigenvalue weighted by Crippen LogP contribution is -2.34. The molecule has 0 aromatic heterocycles. The van der Waals surface area contributed by atoms with Crippen LogP contribution in [-0.4, -0.2) is 77.5 Å². The van der Waals surface area contributed by atoms with Crippen molar-refractivity contribution in [2.24, 2.45) is 0 Å². The van der Waals surface area contributed by atoms with Crippen molar-refractivity contribution < 1.29 is 28.7 Å². The molecule has 0 aliphatic heterocycles. The first-order chi connectivity index (χ1) is 30.4. The van der Waals surface area contributed by atoms with E-state index in [-0.39, 0.29) is 37.4 Å². The van der Waals surface area contributed by atoms with Crippen molar-refractivity contribution in [2.75, 3.05) is 27.7 Å². The minimum absolute atomic E-state index is 0.0703. The highest BCUT2D eigenvalue weighted by Crippen LogP contribution is 2.36. The molecule has 7 rings (SSSR count). The molecule has 1 N–H and O–H groups in total. The largest absolute Gasteiger partial charge is 0.459 e. The second-order valence-electron chi connectivity index (χ2n) is 18.5. The summed E-state index contributed by atoms with van der Waals surface area (Å²) in [6, 6.07) is 39.4. The minimum Gasteiger partial charge on any atom is -0.459 e. The highest BCUT2D eigenvalue weighted by Gasteiger charge is 2.26. The van der Waals surface area contributed by atoms with Crippen LogP contribution in [0.25, 0.3) is 43.1 Å². The summed E-state index contributed by atoms with van der Waals surface area (Å²) >= 11 is 0. The van der Waals surface area contributed by atoms with Crippen molar-refractivity contribution in [3.63, 3.8) is 0 Å². The quantitative estimate of drug-likeness (QED) is 0.0963. The van der Waals surface area contributed by atoms with Crippen molar-refractivity contribution in [1.29, 1.82) is 0 Å². The third kappa shape index (κ3) is 9.87. The Morgan fingerprint density at radius 1 is 0.438 bits per heavy atom. The summed E-state index contributed by atoms with van der Waals surface area (Å²) in [4.78, 5) is 59.7. The number of esters is 1. The summed E-state index contributed by atoms with van der Waals surface area (Å²) in [6.45, 7) is 12.5. The van der Waals surface area contributed by atoms with E-state index in [0.717, 1.165) is 65.3 Å². The van der Waals surface area contributed by atoms with E-state index in [1.165, 1.54) is 0 Å². The predicted molar refractivity (Wildman–Crippen MR) is 256 cm³/mol. The molecule has 0 radical (unpaired) electrons. The second kappa shape index (κ2) is 18.5. The van der Waals surface area contributed by atoms with Crippen LogP contribution < -0.4 is 5.32 Å². The number of hydrogen-bond donors (Lipinski definition) is 1. The number of amides is 3. The van der Waals surface area contributed by atoms with Gasteiger partial charge in [-0.15, -0.1) is 0 Å². The average molecular weight is 859 g/mol. The van der Waals surface area contributed by atoms with Gasteiger partial charge in [0.15, 0.2) is 0 Å². The maximum atomic E-state index is 14.6. The van der Waals surface area contributed by atoms with Crippen molar-refractivity contribution >= 4 is 67.0 Å². The van der Waals surface area contributed by atoms with E-state index in [1.807, 2.05) is 90.1 Å². The van der Waals surface area contributed by atoms with Crippen LogP contribution >= 0.6 is 0 Å². The molecule has 0 aliphatic carbocycles. The first-order valence-corrected chi connectivity index (χ1v) is 21.7. The molecule has 7 aromatic rings. The fourth-order valence-electron chi connectivity index (χ4n) is 8.51. The summed E-state index contributed by atoms with van der Waals surface area (Å²) in [5, 5.41) is 11.3. The molecule has 0 fully saturated rings. The molecule has 64 heavy (non-hydrogen) atoms. The van der Waals surface area contributed by atoms with Crippen LogP contribution in [0.5, 0.6) is 0 Å². The molecule has 0 saturated heterocycles. The summed E-state index contributed by atoms with van der Waals surface area (Å²) in [5.41, 5.74) is 3.41. The summed E-state index contributed by atoms with van der Waals surface area (Å²) in [5.74, 6) is -0.873. The van der Waals surface area contributed by atoms with Gasteiger partial charge in [0, 0.05) is 47.3 Å². The van der Waals surface area contributed by atoms with Crippen molar-refractivity contribution in [2.45, 2.75) is 78.9 Å². The third-order valence-electron chi connectivity index (χ3n) is 11.3. The molecule has 0 aliphatic rings. The van der Waals surface area contributed by atoms with Gasteiger partial charge >= 0.3 is 12.1 Å². The number of carbonyl (C=O) groups excluding carboxylic acids is 4. The summed E-state index contributed by atoms with van der Waals surface area (Å²) in [6.07, 6.45) is -0.408. The zero-order valence-electron chi connectivity index (χ0n) is 38.4. The predicted octanol–water partition coefficient (Wildman–Crippen LogP) is 10.6. The Hall–Kier alpha value is -6.78. The monoisotopic (exact) mass is 858 g/mol. The summed E-state index contributed by atoms with van der Waals surface area (Å²) < 4.78 is 11.2. The van der Waals surface area contributed by atoms with E-state index >= 15 is 0 Å². The van der Waals surface area contributed by atoms with Gasteiger partial charge in [0.2, 0.25) is 0 Å².